The number of hydrogen-bond donors (Lipinski definition) is 2. The molecule has 0 saturated heterocycles. The second kappa shape index (κ2) is 6.76. The molecule has 0 aromatic heterocycles. The van der Waals surface area contributed by atoms with Crippen molar-refractivity contribution in [2.45, 2.75) is 19.8 Å². The van der Waals surface area contributed by atoms with Crippen LogP contribution in [0.5, 0.6) is 5.75 Å². The van der Waals surface area contributed by atoms with E-state index in [9.17, 15) is 14.7 Å². The Labute approximate surface area is 128 Å². The van der Waals surface area contributed by atoms with Gasteiger partial charge in [0.25, 0.3) is 0 Å². The fourth-order valence-corrected chi connectivity index (χ4v) is 2.08. The van der Waals surface area contributed by atoms with Gasteiger partial charge in [0.15, 0.2) is 0 Å². The average molecular weight is 299 g/mol. The molecule has 0 aliphatic rings. The summed E-state index contributed by atoms with van der Waals surface area (Å²) in [7, 11) is 0. The highest BCUT2D eigenvalue weighted by Gasteiger charge is 2.20. The van der Waals surface area contributed by atoms with E-state index in [1.54, 1.807) is 56.3 Å². The largest absolute Gasteiger partial charge is 0.481 e. The fourth-order valence-electron chi connectivity index (χ4n) is 2.08. The van der Waals surface area contributed by atoms with Crippen LogP contribution in [0, 0.1) is 6.92 Å². The number of amides is 1. The van der Waals surface area contributed by atoms with Crippen molar-refractivity contribution >= 4 is 17.7 Å². The Kier molecular flexibility index (Phi) is 4.78. The molecule has 1 amide bonds. The summed E-state index contributed by atoms with van der Waals surface area (Å²) < 4.78 is 5.17. The van der Waals surface area contributed by atoms with Crippen LogP contribution in [0.4, 0.5) is 10.5 Å². The molecule has 1 unspecified atom stereocenters. The lowest BCUT2D eigenvalue weighted by molar-refractivity contribution is -0.138. The molecule has 2 rings (SSSR count). The maximum Gasteiger partial charge on any atom is 0.417 e. The van der Waals surface area contributed by atoms with E-state index in [0.717, 1.165) is 5.56 Å². The van der Waals surface area contributed by atoms with E-state index in [4.69, 9.17) is 4.74 Å². The fraction of sp³-hybridized carbons (Fsp3) is 0.176. The van der Waals surface area contributed by atoms with Gasteiger partial charge in [0.1, 0.15) is 5.75 Å². The third-order valence-electron chi connectivity index (χ3n) is 3.32. The molecule has 0 fully saturated rings. The van der Waals surface area contributed by atoms with E-state index in [1.807, 2.05) is 6.07 Å². The van der Waals surface area contributed by atoms with Crippen LogP contribution in [0.1, 0.15) is 24.0 Å². The van der Waals surface area contributed by atoms with Crippen molar-refractivity contribution in [1.29, 1.82) is 0 Å². The summed E-state index contributed by atoms with van der Waals surface area (Å²) >= 11 is 0. The highest BCUT2D eigenvalue weighted by atomic mass is 16.6. The van der Waals surface area contributed by atoms with Gasteiger partial charge in [0.05, 0.1) is 11.6 Å². The van der Waals surface area contributed by atoms with Crippen molar-refractivity contribution in [3.8, 4) is 5.75 Å². The number of nitrogens with one attached hydrogen (secondary N) is 1. The maximum atomic E-state index is 12.0. The summed E-state index contributed by atoms with van der Waals surface area (Å²) in [5, 5.41) is 11.8. The van der Waals surface area contributed by atoms with Gasteiger partial charge in [-0.2, -0.15) is 0 Å². The van der Waals surface area contributed by atoms with Crippen molar-refractivity contribution in [3.05, 3.63) is 59.7 Å². The molecule has 0 aliphatic carbocycles. The monoisotopic (exact) mass is 299 g/mol. The molecule has 22 heavy (non-hydrogen) atoms. The number of ether oxygens (including phenoxy) is 1. The molecule has 2 aromatic carbocycles. The van der Waals surface area contributed by atoms with Crippen LogP contribution in [-0.4, -0.2) is 17.2 Å². The van der Waals surface area contributed by atoms with Gasteiger partial charge in [0, 0.05) is 0 Å². The topological polar surface area (TPSA) is 75.6 Å². The number of aliphatic carboxylic acids is 1. The maximum absolute atomic E-state index is 12.0. The summed E-state index contributed by atoms with van der Waals surface area (Å²) in [5.41, 5.74) is 1.78. The SMILES string of the molecule is Cc1cccc(C(C)C(=O)O)c1NC(=O)Oc1ccccc1. The second-order valence-electron chi connectivity index (χ2n) is 4.93. The van der Waals surface area contributed by atoms with Crippen LogP contribution in [0.3, 0.4) is 0 Å². The molecule has 2 aromatic rings. The zero-order chi connectivity index (χ0) is 16.1. The Morgan fingerprint density at radius 1 is 1.09 bits per heavy atom. The lowest BCUT2D eigenvalue weighted by Crippen LogP contribution is -2.20. The van der Waals surface area contributed by atoms with Crippen molar-refractivity contribution in [3.63, 3.8) is 0 Å². The number of carbonyl (C=O) groups is 2. The second-order valence-corrected chi connectivity index (χ2v) is 4.93. The highest BCUT2D eigenvalue weighted by molar-refractivity contribution is 5.90. The molecule has 5 nitrogen and oxygen atoms in total. The lowest BCUT2D eigenvalue weighted by atomic mass is 9.97. The van der Waals surface area contributed by atoms with Crippen LogP contribution in [0.15, 0.2) is 48.5 Å². The molecular formula is C17H17NO4. The Bertz CT molecular complexity index is 682. The van der Waals surface area contributed by atoms with Crippen LogP contribution in [0.25, 0.3) is 0 Å². The first-order valence-electron chi connectivity index (χ1n) is 6.85. The lowest BCUT2D eigenvalue weighted by Gasteiger charge is -2.16. The van der Waals surface area contributed by atoms with Crippen LogP contribution >= 0.6 is 0 Å². The Hall–Kier alpha value is -2.82. The van der Waals surface area contributed by atoms with E-state index in [2.05, 4.69) is 5.32 Å². The zero-order valence-corrected chi connectivity index (χ0v) is 12.4. The van der Waals surface area contributed by atoms with Crippen LogP contribution in [-0.2, 0) is 4.79 Å². The number of aryl methyl sites for hydroxylation is 1. The van der Waals surface area contributed by atoms with Gasteiger partial charge in [-0.15, -0.1) is 0 Å². The van der Waals surface area contributed by atoms with Gasteiger partial charge >= 0.3 is 12.1 Å². The molecule has 2 N–H and O–H groups in total. The molecule has 0 radical (unpaired) electrons. The van der Waals surface area contributed by atoms with E-state index in [-0.39, 0.29) is 0 Å². The van der Waals surface area contributed by atoms with Crippen LogP contribution in [0.2, 0.25) is 0 Å². The van der Waals surface area contributed by atoms with Gasteiger partial charge in [-0.25, -0.2) is 4.79 Å². The minimum atomic E-state index is -0.954. The molecule has 0 bridgehead atoms. The number of hydrogen-bond acceptors (Lipinski definition) is 3. The summed E-state index contributed by atoms with van der Waals surface area (Å²) in [5.74, 6) is -1.27. The Morgan fingerprint density at radius 3 is 2.41 bits per heavy atom. The molecule has 0 aliphatic heterocycles. The van der Waals surface area contributed by atoms with Crippen molar-refractivity contribution < 1.29 is 19.4 Å². The summed E-state index contributed by atoms with van der Waals surface area (Å²) in [6.45, 7) is 3.38. The van der Waals surface area contributed by atoms with Gasteiger partial charge in [-0.05, 0) is 37.1 Å². The van der Waals surface area contributed by atoms with Crippen LogP contribution < -0.4 is 10.1 Å². The number of carboxylic acids is 1. The zero-order valence-electron chi connectivity index (χ0n) is 12.4. The van der Waals surface area contributed by atoms with Gasteiger partial charge in [-0.3, -0.25) is 10.1 Å². The van der Waals surface area contributed by atoms with Crippen molar-refractivity contribution in [2.75, 3.05) is 5.32 Å². The number of para-hydroxylation sites is 2. The predicted molar refractivity (Wildman–Crippen MR) is 83.3 cm³/mol. The molecule has 0 spiro atoms. The minimum Gasteiger partial charge on any atom is -0.481 e. The number of benzene rings is 2. The molecular weight excluding hydrogens is 282 g/mol. The molecule has 5 heteroatoms. The molecule has 0 saturated carbocycles. The molecule has 1 atom stereocenters. The van der Waals surface area contributed by atoms with E-state index in [0.29, 0.717) is 17.0 Å². The summed E-state index contributed by atoms with van der Waals surface area (Å²) in [6.07, 6.45) is -0.653. The normalized spacial score (nSPS) is 11.5. The minimum absolute atomic E-state index is 0.418. The highest BCUT2D eigenvalue weighted by Crippen LogP contribution is 2.28. The molecule has 0 heterocycles. The van der Waals surface area contributed by atoms with Crippen molar-refractivity contribution in [2.24, 2.45) is 0 Å². The third-order valence-corrected chi connectivity index (χ3v) is 3.32. The summed E-state index contributed by atoms with van der Waals surface area (Å²) in [6, 6.07) is 13.9. The van der Waals surface area contributed by atoms with E-state index >= 15 is 0 Å². The standard InChI is InChI=1S/C17H17NO4/c1-11-7-6-10-14(12(2)16(19)20)15(11)18-17(21)22-13-8-4-3-5-9-13/h3-10,12H,1-2H3,(H,18,21)(H,19,20). The Morgan fingerprint density at radius 2 is 1.77 bits per heavy atom. The first-order chi connectivity index (χ1) is 10.5. The smallest absolute Gasteiger partial charge is 0.417 e. The third kappa shape index (κ3) is 3.63. The number of carboxylic acid groups (broad SMARTS) is 1. The van der Waals surface area contributed by atoms with Gasteiger partial charge in [-0.1, -0.05) is 36.4 Å². The van der Waals surface area contributed by atoms with Crippen molar-refractivity contribution in [1.82, 2.24) is 0 Å². The van der Waals surface area contributed by atoms with E-state index in [1.165, 1.54) is 0 Å². The molecule has 114 valence electrons. The predicted octanol–water partition coefficient (Wildman–Crippen LogP) is 3.79. The van der Waals surface area contributed by atoms with E-state index < -0.39 is 18.0 Å². The van der Waals surface area contributed by atoms with Gasteiger partial charge < -0.3 is 9.84 Å². The first kappa shape index (κ1) is 15.6. The number of anilines is 1. The number of rotatable bonds is 4. The number of carbonyl (C=O) groups excluding carboxylic acids is 1. The summed E-state index contributed by atoms with van der Waals surface area (Å²) in [4.78, 5) is 23.2. The van der Waals surface area contributed by atoms with Gasteiger partial charge in [0.2, 0.25) is 0 Å². The Balaban J connectivity index is 2.22. The average Bonchev–Trinajstić information content (AvgIpc) is 2.49. The quantitative estimate of drug-likeness (QED) is 0.900. The first-order valence-corrected chi connectivity index (χ1v) is 6.85.